The third-order valence-electron chi connectivity index (χ3n) is 3.56. The minimum Gasteiger partial charge on any atom is -0.377 e. The monoisotopic (exact) mass is 227 g/mol. The Labute approximate surface area is 104 Å². The molecule has 0 spiro atoms. The summed E-state index contributed by atoms with van der Waals surface area (Å²) in [7, 11) is 4.20. The van der Waals surface area contributed by atoms with Crippen molar-refractivity contribution in [3.63, 3.8) is 0 Å². The molecule has 17 heavy (non-hydrogen) atoms. The van der Waals surface area contributed by atoms with Crippen LogP contribution >= 0.6 is 0 Å². The largest absolute Gasteiger partial charge is 0.377 e. The summed E-state index contributed by atoms with van der Waals surface area (Å²) in [6.07, 6.45) is 1.19. The molecule has 0 aliphatic rings. The first-order valence-electron chi connectivity index (χ1n) is 6.34. The van der Waals surface area contributed by atoms with Gasteiger partial charge in [0.05, 0.1) is 0 Å². The van der Waals surface area contributed by atoms with E-state index in [2.05, 4.69) is 69.2 Å². The topological polar surface area (TPSA) is 3.24 Å². The summed E-state index contributed by atoms with van der Waals surface area (Å²) in [6, 6.07) is 13.2. The van der Waals surface area contributed by atoms with Gasteiger partial charge in [-0.1, -0.05) is 44.2 Å². The van der Waals surface area contributed by atoms with Crippen LogP contribution in [0.5, 0.6) is 0 Å². The van der Waals surface area contributed by atoms with Gasteiger partial charge in [0.15, 0.2) is 0 Å². The molecule has 0 fully saturated rings. The molecule has 1 nitrogen and oxygen atoms in total. The molecular formula is C16H21N. The van der Waals surface area contributed by atoms with E-state index < -0.39 is 0 Å². The third kappa shape index (κ3) is 2.14. The van der Waals surface area contributed by atoms with Crippen molar-refractivity contribution in [3.05, 3.63) is 42.0 Å². The zero-order valence-corrected chi connectivity index (χ0v) is 11.2. The van der Waals surface area contributed by atoms with Crippen LogP contribution in [-0.2, 0) is 0 Å². The fourth-order valence-corrected chi connectivity index (χ4v) is 2.36. The molecule has 0 radical (unpaired) electrons. The maximum atomic E-state index is 2.30. The second-order valence-electron chi connectivity index (χ2n) is 4.92. The molecule has 1 unspecified atom stereocenters. The first-order chi connectivity index (χ1) is 8.15. The van der Waals surface area contributed by atoms with Crippen LogP contribution in [0.2, 0.25) is 0 Å². The second-order valence-corrected chi connectivity index (χ2v) is 4.92. The van der Waals surface area contributed by atoms with Gasteiger partial charge >= 0.3 is 0 Å². The van der Waals surface area contributed by atoms with Crippen molar-refractivity contribution in [2.24, 2.45) is 0 Å². The Morgan fingerprint density at radius 2 is 1.65 bits per heavy atom. The summed E-state index contributed by atoms with van der Waals surface area (Å²) < 4.78 is 0. The molecule has 1 atom stereocenters. The lowest BCUT2D eigenvalue weighted by atomic mass is 9.92. The smallest absolute Gasteiger partial charge is 0.0440 e. The minimum atomic E-state index is 0.621. The van der Waals surface area contributed by atoms with E-state index in [1.54, 1.807) is 0 Å². The van der Waals surface area contributed by atoms with Gasteiger partial charge in [0.1, 0.15) is 0 Å². The molecule has 0 aliphatic carbocycles. The number of hydrogen-bond donors (Lipinski definition) is 0. The fourth-order valence-electron chi connectivity index (χ4n) is 2.36. The fraction of sp³-hybridized carbons (Fsp3) is 0.375. The lowest BCUT2D eigenvalue weighted by Gasteiger charge is -2.18. The molecule has 1 heteroatoms. The Morgan fingerprint density at radius 3 is 2.29 bits per heavy atom. The average Bonchev–Trinajstić information content (AvgIpc) is 2.36. The highest BCUT2D eigenvalue weighted by atomic mass is 15.1. The molecule has 0 aromatic heterocycles. The summed E-state index contributed by atoms with van der Waals surface area (Å²) in [5.41, 5.74) is 2.77. The van der Waals surface area contributed by atoms with Crippen LogP contribution in [0.15, 0.2) is 36.4 Å². The van der Waals surface area contributed by atoms with Crippen molar-refractivity contribution < 1.29 is 0 Å². The zero-order valence-electron chi connectivity index (χ0n) is 11.2. The first kappa shape index (κ1) is 12.0. The Hall–Kier alpha value is -1.50. The van der Waals surface area contributed by atoms with Crippen molar-refractivity contribution >= 4 is 16.5 Å². The number of rotatable bonds is 3. The Bertz CT molecular complexity index is 514. The van der Waals surface area contributed by atoms with Gasteiger partial charge in [-0.25, -0.2) is 0 Å². The van der Waals surface area contributed by atoms with E-state index in [1.165, 1.54) is 28.4 Å². The van der Waals surface area contributed by atoms with Gasteiger partial charge in [-0.2, -0.15) is 0 Å². The van der Waals surface area contributed by atoms with Gasteiger partial charge in [-0.15, -0.1) is 0 Å². The number of nitrogens with zero attached hydrogens (tertiary/aromatic N) is 1. The van der Waals surface area contributed by atoms with Gasteiger partial charge in [0.25, 0.3) is 0 Å². The van der Waals surface area contributed by atoms with Crippen LogP contribution in [0.4, 0.5) is 5.69 Å². The molecule has 0 aliphatic heterocycles. The Kier molecular flexibility index (Phi) is 3.37. The molecular weight excluding hydrogens is 206 g/mol. The van der Waals surface area contributed by atoms with Crippen molar-refractivity contribution in [1.82, 2.24) is 0 Å². The summed E-state index contributed by atoms with van der Waals surface area (Å²) >= 11 is 0. The van der Waals surface area contributed by atoms with E-state index in [0.717, 1.165) is 0 Å². The number of benzene rings is 2. The molecule has 0 amide bonds. The highest BCUT2D eigenvalue weighted by Gasteiger charge is 2.09. The van der Waals surface area contributed by atoms with Crippen molar-refractivity contribution in [2.75, 3.05) is 19.0 Å². The molecule has 2 aromatic carbocycles. The SMILES string of the molecule is CCC(C)c1cccc2c(N(C)C)cccc12. The average molecular weight is 227 g/mol. The lowest BCUT2D eigenvalue weighted by Crippen LogP contribution is -2.09. The maximum absolute atomic E-state index is 2.30. The molecule has 0 bridgehead atoms. The molecule has 2 rings (SSSR count). The molecule has 0 saturated heterocycles. The van der Waals surface area contributed by atoms with E-state index in [-0.39, 0.29) is 0 Å². The van der Waals surface area contributed by atoms with Gasteiger partial charge in [0, 0.05) is 25.2 Å². The summed E-state index contributed by atoms with van der Waals surface area (Å²) in [5.74, 6) is 0.621. The Balaban J connectivity index is 2.70. The van der Waals surface area contributed by atoms with Gasteiger partial charge in [-0.3, -0.25) is 0 Å². The predicted octanol–water partition coefficient (Wildman–Crippen LogP) is 4.42. The number of anilines is 1. The highest BCUT2D eigenvalue weighted by Crippen LogP contribution is 2.32. The standard InChI is InChI=1S/C16H21N/c1-5-12(2)13-8-6-10-15-14(13)9-7-11-16(15)17(3)4/h6-12H,5H2,1-4H3. The van der Waals surface area contributed by atoms with Crippen LogP contribution in [0.1, 0.15) is 31.7 Å². The first-order valence-corrected chi connectivity index (χ1v) is 6.34. The summed E-state index contributed by atoms with van der Waals surface area (Å²) in [5, 5.41) is 2.75. The van der Waals surface area contributed by atoms with Crippen LogP contribution < -0.4 is 4.90 Å². The van der Waals surface area contributed by atoms with E-state index in [1.807, 2.05) is 0 Å². The second kappa shape index (κ2) is 4.79. The van der Waals surface area contributed by atoms with Crippen molar-refractivity contribution in [2.45, 2.75) is 26.2 Å². The molecule has 0 N–H and O–H groups in total. The number of hydrogen-bond acceptors (Lipinski definition) is 1. The van der Waals surface area contributed by atoms with Gasteiger partial charge < -0.3 is 4.90 Å². The van der Waals surface area contributed by atoms with Crippen LogP contribution in [0, 0.1) is 0 Å². The normalized spacial score (nSPS) is 12.7. The van der Waals surface area contributed by atoms with E-state index >= 15 is 0 Å². The molecule has 90 valence electrons. The minimum absolute atomic E-state index is 0.621. The molecule has 0 saturated carbocycles. The Morgan fingerprint density at radius 1 is 1.00 bits per heavy atom. The van der Waals surface area contributed by atoms with E-state index in [0.29, 0.717) is 5.92 Å². The number of fused-ring (bicyclic) bond motifs is 1. The van der Waals surface area contributed by atoms with Crippen molar-refractivity contribution in [3.8, 4) is 0 Å². The summed E-state index contributed by atoms with van der Waals surface area (Å²) in [6.45, 7) is 4.55. The van der Waals surface area contributed by atoms with E-state index in [4.69, 9.17) is 0 Å². The lowest BCUT2D eigenvalue weighted by molar-refractivity contribution is 0.739. The molecule has 0 heterocycles. The maximum Gasteiger partial charge on any atom is 0.0440 e. The quantitative estimate of drug-likeness (QED) is 0.750. The van der Waals surface area contributed by atoms with Crippen LogP contribution in [-0.4, -0.2) is 14.1 Å². The van der Waals surface area contributed by atoms with Gasteiger partial charge in [-0.05, 0) is 29.4 Å². The molecule has 2 aromatic rings. The van der Waals surface area contributed by atoms with Crippen molar-refractivity contribution in [1.29, 1.82) is 0 Å². The zero-order chi connectivity index (χ0) is 12.4. The predicted molar refractivity (Wildman–Crippen MR) is 77.0 cm³/mol. The van der Waals surface area contributed by atoms with Crippen LogP contribution in [0.3, 0.4) is 0 Å². The third-order valence-corrected chi connectivity index (χ3v) is 3.56. The van der Waals surface area contributed by atoms with E-state index in [9.17, 15) is 0 Å². The highest BCUT2D eigenvalue weighted by molar-refractivity contribution is 5.96. The van der Waals surface area contributed by atoms with Gasteiger partial charge in [0.2, 0.25) is 0 Å². The van der Waals surface area contributed by atoms with Crippen LogP contribution in [0.25, 0.3) is 10.8 Å². The summed E-state index contributed by atoms with van der Waals surface area (Å²) in [4.78, 5) is 2.18.